The van der Waals surface area contributed by atoms with Crippen LogP contribution in [0.4, 0.5) is 19.0 Å². The summed E-state index contributed by atoms with van der Waals surface area (Å²) in [5, 5.41) is 3.13. The second-order valence-electron chi connectivity index (χ2n) is 5.26. The van der Waals surface area contributed by atoms with Gasteiger partial charge in [-0.25, -0.2) is 4.98 Å². The van der Waals surface area contributed by atoms with Gasteiger partial charge in [-0.05, 0) is 45.5 Å². The van der Waals surface area contributed by atoms with Crippen LogP contribution in [0, 0.1) is 0 Å². The van der Waals surface area contributed by atoms with E-state index in [0.717, 1.165) is 25.1 Å². The summed E-state index contributed by atoms with van der Waals surface area (Å²) < 4.78 is 37.2. The second kappa shape index (κ2) is 5.00. The van der Waals surface area contributed by atoms with E-state index in [2.05, 4.69) is 15.2 Å². The first kappa shape index (κ1) is 14.1. The van der Waals surface area contributed by atoms with Gasteiger partial charge in [-0.2, -0.15) is 13.2 Å². The Morgan fingerprint density at radius 2 is 2.00 bits per heavy atom. The minimum absolute atomic E-state index is 0.115. The van der Waals surface area contributed by atoms with Gasteiger partial charge in [0.05, 0.1) is 5.56 Å². The van der Waals surface area contributed by atoms with E-state index in [4.69, 9.17) is 0 Å². The Labute approximate surface area is 110 Å². The number of pyridine rings is 1. The largest absolute Gasteiger partial charge is 0.417 e. The van der Waals surface area contributed by atoms with Crippen molar-refractivity contribution < 1.29 is 13.2 Å². The predicted octanol–water partition coefficient (Wildman–Crippen LogP) is 3.00. The zero-order valence-electron chi connectivity index (χ0n) is 11.1. The zero-order chi connectivity index (χ0) is 14.1. The maximum Gasteiger partial charge on any atom is 0.417 e. The highest BCUT2D eigenvalue weighted by Gasteiger charge is 2.38. The Bertz CT molecular complexity index is 422. The molecule has 0 saturated heterocycles. The number of nitrogens with zero attached hydrogens (tertiary/aromatic N) is 2. The van der Waals surface area contributed by atoms with Crippen molar-refractivity contribution in [2.75, 3.05) is 26.0 Å². The molecule has 0 radical (unpaired) electrons. The van der Waals surface area contributed by atoms with Crippen LogP contribution in [0.5, 0.6) is 0 Å². The van der Waals surface area contributed by atoms with Crippen molar-refractivity contribution in [2.45, 2.75) is 31.0 Å². The maximum atomic E-state index is 12.4. The Hall–Kier alpha value is -1.30. The quantitative estimate of drug-likeness (QED) is 0.914. The van der Waals surface area contributed by atoms with Gasteiger partial charge in [0.2, 0.25) is 0 Å². The number of alkyl halides is 3. The number of hydrogen-bond donors (Lipinski definition) is 1. The fourth-order valence-corrected chi connectivity index (χ4v) is 2.29. The third-order valence-electron chi connectivity index (χ3n) is 3.92. The average Bonchev–Trinajstić information content (AvgIpc) is 2.26. The molecule has 1 aromatic heterocycles. The summed E-state index contributed by atoms with van der Waals surface area (Å²) in [6.45, 7) is 0.707. The third-order valence-corrected chi connectivity index (χ3v) is 3.92. The highest BCUT2D eigenvalue weighted by molar-refractivity contribution is 5.37. The normalized spacial score (nSPS) is 18.2. The minimum Gasteiger partial charge on any atom is -0.368 e. The molecule has 1 fully saturated rings. The Kier molecular flexibility index (Phi) is 3.71. The number of nitrogens with one attached hydrogen (secondary N) is 1. The monoisotopic (exact) mass is 273 g/mol. The van der Waals surface area contributed by atoms with Gasteiger partial charge >= 0.3 is 6.18 Å². The van der Waals surface area contributed by atoms with Crippen LogP contribution in [0.2, 0.25) is 0 Å². The molecule has 0 bridgehead atoms. The van der Waals surface area contributed by atoms with Crippen LogP contribution in [0.3, 0.4) is 0 Å². The third kappa shape index (κ3) is 3.00. The van der Waals surface area contributed by atoms with E-state index in [1.54, 1.807) is 0 Å². The fraction of sp³-hybridized carbons (Fsp3) is 0.615. The lowest BCUT2D eigenvalue weighted by atomic mass is 9.75. The van der Waals surface area contributed by atoms with E-state index in [-0.39, 0.29) is 5.54 Å². The number of anilines is 1. The van der Waals surface area contributed by atoms with Crippen LogP contribution in [-0.2, 0) is 6.18 Å². The van der Waals surface area contributed by atoms with Crippen LogP contribution in [0.1, 0.15) is 24.8 Å². The molecule has 1 saturated carbocycles. The molecule has 0 amide bonds. The molecule has 0 atom stereocenters. The molecule has 19 heavy (non-hydrogen) atoms. The van der Waals surface area contributed by atoms with E-state index in [1.807, 2.05) is 14.1 Å². The van der Waals surface area contributed by atoms with E-state index in [0.29, 0.717) is 12.4 Å². The summed E-state index contributed by atoms with van der Waals surface area (Å²) in [7, 11) is 4.06. The van der Waals surface area contributed by atoms with Gasteiger partial charge in [-0.15, -0.1) is 0 Å². The lowest BCUT2D eigenvalue weighted by molar-refractivity contribution is -0.137. The summed E-state index contributed by atoms with van der Waals surface area (Å²) in [6.07, 6.45) is -0.0582. The van der Waals surface area contributed by atoms with Gasteiger partial charge in [0.1, 0.15) is 5.82 Å². The Morgan fingerprint density at radius 3 is 2.37 bits per heavy atom. The molecule has 1 N–H and O–H groups in total. The first-order valence-electron chi connectivity index (χ1n) is 6.28. The summed E-state index contributed by atoms with van der Waals surface area (Å²) in [6, 6.07) is 2.43. The molecule has 1 aliphatic carbocycles. The van der Waals surface area contributed by atoms with E-state index < -0.39 is 11.7 Å². The van der Waals surface area contributed by atoms with Crippen molar-refractivity contribution in [3.63, 3.8) is 0 Å². The first-order valence-corrected chi connectivity index (χ1v) is 6.28. The van der Waals surface area contributed by atoms with E-state index in [9.17, 15) is 13.2 Å². The van der Waals surface area contributed by atoms with Crippen LogP contribution in [-0.4, -0.2) is 36.1 Å². The SMILES string of the molecule is CN(C)C1(CNc2ccc(C(F)(F)F)cn2)CCC1. The van der Waals surface area contributed by atoms with Gasteiger partial charge in [-0.1, -0.05) is 0 Å². The number of aromatic nitrogens is 1. The maximum absolute atomic E-state index is 12.4. The van der Waals surface area contributed by atoms with Gasteiger partial charge in [-0.3, -0.25) is 0 Å². The molecule has 0 unspecified atom stereocenters. The number of halogens is 3. The Balaban J connectivity index is 1.97. The number of hydrogen-bond acceptors (Lipinski definition) is 3. The fourth-order valence-electron chi connectivity index (χ4n) is 2.29. The molecule has 0 aromatic carbocycles. The van der Waals surface area contributed by atoms with Crippen molar-refractivity contribution in [3.8, 4) is 0 Å². The number of likely N-dealkylation sites (N-methyl/N-ethyl adjacent to an activating group) is 1. The molecule has 0 aliphatic heterocycles. The smallest absolute Gasteiger partial charge is 0.368 e. The van der Waals surface area contributed by atoms with Crippen molar-refractivity contribution in [2.24, 2.45) is 0 Å². The molecule has 1 heterocycles. The molecule has 1 aromatic rings. The van der Waals surface area contributed by atoms with Crippen molar-refractivity contribution in [1.82, 2.24) is 9.88 Å². The molecular weight excluding hydrogens is 255 g/mol. The average molecular weight is 273 g/mol. The van der Waals surface area contributed by atoms with Crippen molar-refractivity contribution >= 4 is 5.82 Å². The van der Waals surface area contributed by atoms with E-state index in [1.165, 1.54) is 12.5 Å². The molecule has 106 valence electrons. The standard InChI is InChI=1S/C13H18F3N3/c1-19(2)12(6-3-7-12)9-18-11-5-4-10(8-17-11)13(14,15)16/h4-5,8H,3,6-7,9H2,1-2H3,(H,17,18). The summed E-state index contributed by atoms with van der Waals surface area (Å²) in [5.41, 5.74) is -0.603. The van der Waals surface area contributed by atoms with Crippen molar-refractivity contribution in [1.29, 1.82) is 0 Å². The zero-order valence-corrected chi connectivity index (χ0v) is 11.1. The van der Waals surface area contributed by atoms with Crippen molar-refractivity contribution in [3.05, 3.63) is 23.9 Å². The topological polar surface area (TPSA) is 28.2 Å². The summed E-state index contributed by atoms with van der Waals surface area (Å²) >= 11 is 0. The van der Waals surface area contributed by atoms with Gasteiger partial charge < -0.3 is 10.2 Å². The summed E-state index contributed by atoms with van der Waals surface area (Å²) in [4.78, 5) is 5.99. The predicted molar refractivity (Wildman–Crippen MR) is 68.0 cm³/mol. The molecule has 2 rings (SSSR count). The van der Waals surface area contributed by atoms with Crippen LogP contribution in [0.15, 0.2) is 18.3 Å². The summed E-state index contributed by atoms with van der Waals surface area (Å²) in [5.74, 6) is 0.487. The highest BCUT2D eigenvalue weighted by Crippen LogP contribution is 2.36. The van der Waals surface area contributed by atoms with Crippen LogP contribution in [0.25, 0.3) is 0 Å². The number of rotatable bonds is 4. The van der Waals surface area contributed by atoms with Crippen LogP contribution >= 0.6 is 0 Å². The minimum atomic E-state index is -4.33. The first-order chi connectivity index (χ1) is 8.83. The second-order valence-corrected chi connectivity index (χ2v) is 5.26. The van der Waals surface area contributed by atoms with Gasteiger partial charge in [0, 0.05) is 18.3 Å². The van der Waals surface area contributed by atoms with Gasteiger partial charge in [0.15, 0.2) is 0 Å². The Morgan fingerprint density at radius 1 is 1.32 bits per heavy atom. The molecule has 6 heteroatoms. The van der Waals surface area contributed by atoms with Crippen LogP contribution < -0.4 is 5.32 Å². The molecule has 0 spiro atoms. The molecule has 1 aliphatic rings. The lowest BCUT2D eigenvalue weighted by Crippen LogP contribution is -2.54. The van der Waals surface area contributed by atoms with Gasteiger partial charge in [0.25, 0.3) is 0 Å². The molecule has 3 nitrogen and oxygen atoms in total. The molecular formula is C13H18F3N3. The lowest BCUT2D eigenvalue weighted by Gasteiger charge is -2.47. The highest BCUT2D eigenvalue weighted by atomic mass is 19.4. The van der Waals surface area contributed by atoms with E-state index >= 15 is 0 Å².